The van der Waals surface area contributed by atoms with Gasteiger partial charge in [-0.05, 0) is 117 Å². The number of unbranched alkanes of at least 4 members (excludes halogenated alkanes) is 1. The molecule has 108 heavy (non-hydrogen) atoms. The second-order valence-electron chi connectivity index (χ2n) is 28.1. The van der Waals surface area contributed by atoms with Gasteiger partial charge in [-0.25, -0.2) is 0 Å². The smallest absolute Gasteiger partial charge is 0.306 e. The number of hydrogen-bond donors (Lipinski definition) is 17. The number of benzene rings is 3. The topological polar surface area (TPSA) is 542 Å². The normalized spacial score (nSPS) is 24.4. The quantitative estimate of drug-likeness (QED) is 0.0237. The van der Waals surface area contributed by atoms with Crippen LogP contribution >= 0.6 is 0 Å². The number of esters is 1. The molecule has 33 nitrogen and oxygen atoms in total. The number of carboxylic acids is 1. The van der Waals surface area contributed by atoms with Crippen LogP contribution in [0.3, 0.4) is 0 Å². The van der Waals surface area contributed by atoms with Gasteiger partial charge in [-0.15, -0.1) is 0 Å². The van der Waals surface area contributed by atoms with Crippen molar-refractivity contribution in [2.75, 3.05) is 26.3 Å². The summed E-state index contributed by atoms with van der Waals surface area (Å²) < 4.78 is 5.77. The SMILES string of the molecule is C[C@@H]1NC(=O)[C@@H]2CCCC[C@H](NC(=O)CCC(=O)OCC3c4ccccc4-c4ccccc43)C(=O)C[C@@H](CCCC[C@@H](C(N)=O)NC(=O)[C@H](CCCCC(=N)N)NC(=O)[C@H](Cc3cc4ccccc4[nH]3)CC1=O)C(=O)N[C@@H](CO)C(=O)N[C@@H](CC(=O)O)C(=O)N1CCCC1C(=O)N[C@@H](CCCNC(=N)N)C(=O)N2. The number of hydrogen-bond acceptors (Lipinski definition) is 18. The molecule has 4 heterocycles. The van der Waals surface area contributed by atoms with Gasteiger partial charge in [0.2, 0.25) is 59.1 Å². The van der Waals surface area contributed by atoms with E-state index in [-0.39, 0.29) is 134 Å². The summed E-state index contributed by atoms with van der Waals surface area (Å²) in [4.78, 5) is 205. The monoisotopic (exact) mass is 1500 g/mol. The Balaban J connectivity index is 1.17. The molecule has 33 heteroatoms. The number of fused-ring (bicyclic) bond motifs is 13. The number of aromatic amines is 1. The standard InChI is InChI=1S/C75H100N16O17/c1-41-60(93)37-44(35-45-34-42-16-2-8-22-51(42)83-45)68(101)86-55(26-12-13-29-62(76)77)70(103)85-53(66(78)99)24-9-3-17-43-36-61(94)52(84-63(95)30-31-65(98)108-40-50-48-20-6-4-18-46(48)47-19-5-7-21-49(47)50)23-10-11-25-54(69(102)82-41)87-71(104)56(27-14-32-81-75(79)80)88-73(106)59-28-15-33-91(59)74(107)57(38-64(96)97)89-72(105)58(39-92)90-67(43)100/h2,4-8,16,18-22,34,41,43-44,50,52-59,83,92H,3,9-15,17,23-33,35-40H2,1H3,(H3,76,77)(H2,78,99)(H,82,102)(H,84,95)(H,85,103)(H,86,101)(H,87,104)(H,88,106)(H,89,105)(H,90,100)(H,96,97)(H4,79,80,81)/t41-,43+,44+,52-,53-,54-,55-,56-,57-,58-,59?/m0/s1. The second-order valence-corrected chi connectivity index (χ2v) is 28.1. The van der Waals surface area contributed by atoms with Gasteiger partial charge in [0.1, 0.15) is 48.9 Å². The van der Waals surface area contributed by atoms with E-state index < -0.39 is 193 Å². The van der Waals surface area contributed by atoms with E-state index in [0.29, 0.717) is 17.6 Å². The molecule has 10 amide bonds. The number of H-pyrrole nitrogens is 1. The number of aliphatic hydroxyl groups excluding tert-OH is 1. The third kappa shape index (κ3) is 23.7. The fraction of sp³-hybridized carbons (Fsp3) is 0.520. The molecule has 4 aromatic rings. The van der Waals surface area contributed by atoms with Gasteiger partial charge in [0.25, 0.3) is 0 Å². The minimum absolute atomic E-state index is 0.00505. The Hall–Kier alpha value is -11.1. The molecule has 11 atom stereocenters. The number of nitrogens with zero attached hydrogens (tertiary/aromatic N) is 1. The van der Waals surface area contributed by atoms with Crippen molar-refractivity contribution in [3.05, 3.63) is 95.7 Å². The van der Waals surface area contributed by atoms with E-state index in [9.17, 15) is 72.5 Å². The molecular weight excluding hydrogens is 1400 g/mol. The lowest BCUT2D eigenvalue weighted by Crippen LogP contribution is -2.59. The Morgan fingerprint density at radius 2 is 1.23 bits per heavy atom. The van der Waals surface area contributed by atoms with Crippen LogP contribution in [0.1, 0.15) is 164 Å². The van der Waals surface area contributed by atoms with Crippen molar-refractivity contribution < 1.29 is 82.1 Å². The number of nitrogens with one attached hydrogen (secondary N) is 12. The third-order valence-corrected chi connectivity index (χ3v) is 20.1. The molecule has 3 fully saturated rings. The number of aliphatic hydroxyl groups is 1. The number of ether oxygens (including phenoxy) is 1. The first-order valence-corrected chi connectivity index (χ1v) is 36.9. The summed E-state index contributed by atoms with van der Waals surface area (Å²) in [6.07, 6.45) is -3.58. The number of amides is 10. The summed E-state index contributed by atoms with van der Waals surface area (Å²) >= 11 is 0. The lowest BCUT2D eigenvalue weighted by molar-refractivity contribution is -0.146. The van der Waals surface area contributed by atoms with Crippen LogP contribution in [0.15, 0.2) is 78.9 Å². The summed E-state index contributed by atoms with van der Waals surface area (Å²) in [5, 5.41) is 60.7. The Morgan fingerprint density at radius 1 is 0.611 bits per heavy atom. The van der Waals surface area contributed by atoms with Gasteiger partial charge in [0, 0.05) is 61.8 Å². The summed E-state index contributed by atoms with van der Waals surface area (Å²) in [7, 11) is 0. The molecule has 3 aliphatic heterocycles. The first-order chi connectivity index (χ1) is 51.7. The highest BCUT2D eigenvalue weighted by Gasteiger charge is 2.42. The van der Waals surface area contributed by atoms with E-state index in [1.54, 1.807) is 12.1 Å². The first-order valence-electron chi connectivity index (χ1n) is 36.9. The van der Waals surface area contributed by atoms with Crippen molar-refractivity contribution in [2.24, 2.45) is 29.0 Å². The van der Waals surface area contributed by atoms with Gasteiger partial charge in [-0.1, -0.05) is 98.8 Å². The van der Waals surface area contributed by atoms with E-state index in [4.69, 9.17) is 32.8 Å². The van der Waals surface area contributed by atoms with E-state index in [1.165, 1.54) is 6.92 Å². The molecule has 582 valence electrons. The van der Waals surface area contributed by atoms with Crippen LogP contribution in [0.4, 0.5) is 0 Å². The highest BCUT2D eigenvalue weighted by atomic mass is 16.5. The molecule has 3 saturated heterocycles. The second kappa shape index (κ2) is 40.0. The Labute approximate surface area is 624 Å². The Bertz CT molecular complexity index is 3920. The van der Waals surface area contributed by atoms with E-state index >= 15 is 4.79 Å². The summed E-state index contributed by atoms with van der Waals surface area (Å²) in [6, 6.07) is 10.5. The fourth-order valence-corrected chi connectivity index (χ4v) is 14.2. The molecule has 0 spiro atoms. The number of ketones is 2. The zero-order valence-electron chi connectivity index (χ0n) is 60.5. The van der Waals surface area contributed by atoms with Crippen LogP contribution in [-0.2, 0) is 78.3 Å². The minimum atomic E-state index is -1.93. The van der Waals surface area contributed by atoms with Crippen LogP contribution < -0.4 is 65.1 Å². The maximum absolute atomic E-state index is 15.1. The number of Topliss-reactive ketones (excluding diaryl/α,β-unsaturated/α-hetero) is 2. The number of primary amides is 1. The van der Waals surface area contributed by atoms with Gasteiger partial charge in [-0.2, -0.15) is 0 Å². The Kier molecular flexibility index (Phi) is 30.6. The molecule has 2 bridgehead atoms. The van der Waals surface area contributed by atoms with Crippen LogP contribution in [-0.4, -0.2) is 195 Å². The van der Waals surface area contributed by atoms with Crippen molar-refractivity contribution in [1.82, 2.24) is 57.7 Å². The number of carboxylic acid groups (broad SMARTS) is 1. The average Bonchev–Trinajstić information content (AvgIpc) is 1.62. The number of aromatic nitrogens is 1. The number of aliphatic carboxylic acids is 1. The van der Waals surface area contributed by atoms with Crippen molar-refractivity contribution in [2.45, 2.75) is 208 Å². The highest BCUT2D eigenvalue weighted by Crippen LogP contribution is 2.44. The molecule has 3 aromatic carbocycles. The van der Waals surface area contributed by atoms with Crippen molar-refractivity contribution >= 4 is 105 Å². The first kappa shape index (κ1) is 82.5. The number of rotatable bonds is 21. The number of amidine groups is 1. The number of guanidine groups is 1. The molecular formula is C75H100N16O17. The minimum Gasteiger partial charge on any atom is -0.481 e. The van der Waals surface area contributed by atoms with Crippen LogP contribution in [0.5, 0.6) is 0 Å². The van der Waals surface area contributed by atoms with Gasteiger partial charge in [0.05, 0.1) is 43.3 Å². The lowest BCUT2D eigenvalue weighted by atomic mass is 9.90. The van der Waals surface area contributed by atoms with E-state index in [2.05, 4.69) is 52.8 Å². The molecule has 0 radical (unpaired) electrons. The van der Waals surface area contributed by atoms with Crippen molar-refractivity contribution in [1.29, 1.82) is 10.8 Å². The van der Waals surface area contributed by atoms with Gasteiger partial charge in [-0.3, -0.25) is 77.9 Å². The molecule has 1 unspecified atom stereocenters. The molecule has 4 aliphatic rings. The molecule has 0 saturated carbocycles. The van der Waals surface area contributed by atoms with Gasteiger partial charge in [0.15, 0.2) is 17.5 Å². The predicted molar refractivity (Wildman–Crippen MR) is 393 cm³/mol. The number of para-hydroxylation sites is 1. The zero-order valence-corrected chi connectivity index (χ0v) is 60.5. The maximum atomic E-state index is 15.1. The van der Waals surface area contributed by atoms with Crippen LogP contribution in [0.2, 0.25) is 0 Å². The summed E-state index contributed by atoms with van der Waals surface area (Å²) in [5.41, 5.74) is 22.3. The number of nitrogens with two attached hydrogens (primary N) is 3. The van der Waals surface area contributed by atoms with Crippen molar-refractivity contribution in [3.8, 4) is 11.1 Å². The van der Waals surface area contributed by atoms with E-state index in [0.717, 1.165) is 32.5 Å². The average molecular weight is 1500 g/mol. The van der Waals surface area contributed by atoms with Crippen molar-refractivity contribution in [3.63, 3.8) is 0 Å². The van der Waals surface area contributed by atoms with Gasteiger partial charge < -0.3 is 89.9 Å². The number of carbonyl (C=O) groups excluding carboxylic acids is 13. The summed E-state index contributed by atoms with van der Waals surface area (Å²) in [5.74, 6) is -16.8. The molecule has 1 aliphatic carbocycles. The summed E-state index contributed by atoms with van der Waals surface area (Å²) in [6.45, 7) is 0.0349. The molecule has 1 aromatic heterocycles. The molecule has 8 rings (SSSR count). The third-order valence-electron chi connectivity index (χ3n) is 20.1. The largest absolute Gasteiger partial charge is 0.481 e. The fourth-order valence-electron chi connectivity index (χ4n) is 14.2. The predicted octanol–water partition coefficient (Wildman–Crippen LogP) is 0.746. The lowest BCUT2D eigenvalue weighted by Gasteiger charge is -2.30. The zero-order chi connectivity index (χ0) is 78.1. The number of carbonyl (C=O) groups is 14. The van der Waals surface area contributed by atoms with E-state index in [1.807, 2.05) is 66.7 Å². The van der Waals surface area contributed by atoms with Crippen LogP contribution in [0, 0.1) is 22.7 Å². The maximum Gasteiger partial charge on any atom is 0.306 e. The Morgan fingerprint density at radius 3 is 1.91 bits per heavy atom. The highest BCUT2D eigenvalue weighted by molar-refractivity contribution is 6.00. The molecule has 20 N–H and O–H groups in total. The van der Waals surface area contributed by atoms with Gasteiger partial charge >= 0.3 is 11.9 Å². The van der Waals surface area contributed by atoms with Crippen LogP contribution in [0.25, 0.3) is 22.0 Å².